The van der Waals surface area contributed by atoms with E-state index in [4.69, 9.17) is 0 Å². The molecule has 26 heavy (non-hydrogen) atoms. The summed E-state index contributed by atoms with van der Waals surface area (Å²) < 4.78 is 32.2. The average Bonchev–Trinajstić information content (AvgIpc) is 2.60. The van der Waals surface area contributed by atoms with Crippen LogP contribution in [0.4, 0.5) is 0 Å². The Hall–Kier alpha value is -2.22. The zero-order valence-corrected chi connectivity index (χ0v) is 15.7. The first-order valence-corrected chi connectivity index (χ1v) is 9.85. The molecule has 0 aromatic heterocycles. The van der Waals surface area contributed by atoms with Crippen molar-refractivity contribution < 1.29 is 17.8 Å². The molecule has 2 rings (SSSR count). The van der Waals surface area contributed by atoms with Gasteiger partial charge in [-0.2, -0.15) is 8.42 Å². The van der Waals surface area contributed by atoms with Crippen LogP contribution in [0.15, 0.2) is 59.5 Å². The highest BCUT2D eigenvalue weighted by Crippen LogP contribution is 2.15. The predicted molar refractivity (Wildman–Crippen MR) is 100 cm³/mol. The van der Waals surface area contributed by atoms with Crippen molar-refractivity contribution in [2.24, 2.45) is 5.92 Å². The molecule has 0 unspecified atom stereocenters. The molecular formula is C19H24N2O4S. The summed E-state index contributed by atoms with van der Waals surface area (Å²) in [7, 11) is -4.46. The zero-order valence-electron chi connectivity index (χ0n) is 14.8. The number of carbonyl (C=O) groups excluding carboxylic acids is 1. The molecular weight excluding hydrogens is 352 g/mol. The first-order chi connectivity index (χ1) is 12.3. The Morgan fingerprint density at radius 2 is 1.65 bits per heavy atom. The molecule has 0 radical (unpaired) electrons. The molecule has 0 heterocycles. The first kappa shape index (κ1) is 20.1. The highest BCUT2D eigenvalue weighted by atomic mass is 32.2. The van der Waals surface area contributed by atoms with Crippen LogP contribution in [0.1, 0.15) is 29.8 Å². The van der Waals surface area contributed by atoms with Gasteiger partial charge < -0.3 is 10.6 Å². The van der Waals surface area contributed by atoms with Gasteiger partial charge in [0.25, 0.3) is 16.0 Å². The number of carbonyl (C=O) groups is 1. The fraction of sp³-hybridized carbons (Fsp3) is 0.316. The minimum absolute atomic E-state index is 0.0660. The minimum atomic E-state index is -4.46. The van der Waals surface area contributed by atoms with Crippen LogP contribution in [0.5, 0.6) is 0 Å². The smallest absolute Gasteiger partial charge is 0.295 e. The van der Waals surface area contributed by atoms with Crippen LogP contribution < -0.4 is 10.6 Å². The molecule has 6 nitrogen and oxygen atoms in total. The third kappa shape index (κ3) is 5.66. The Bertz CT molecular complexity index is 836. The van der Waals surface area contributed by atoms with Gasteiger partial charge in [-0.15, -0.1) is 0 Å². The van der Waals surface area contributed by atoms with E-state index in [-0.39, 0.29) is 17.5 Å². The van der Waals surface area contributed by atoms with Crippen molar-refractivity contribution in [2.75, 3.05) is 6.54 Å². The highest BCUT2D eigenvalue weighted by molar-refractivity contribution is 7.86. The molecule has 1 amide bonds. The van der Waals surface area contributed by atoms with Crippen LogP contribution in [0.3, 0.4) is 0 Å². The average molecular weight is 376 g/mol. The van der Waals surface area contributed by atoms with Crippen LogP contribution in [-0.4, -0.2) is 31.5 Å². The van der Waals surface area contributed by atoms with Gasteiger partial charge in [-0.25, -0.2) is 0 Å². The van der Waals surface area contributed by atoms with E-state index in [2.05, 4.69) is 10.6 Å². The maximum absolute atomic E-state index is 12.5. The van der Waals surface area contributed by atoms with E-state index < -0.39 is 20.9 Å². The number of hydrogen-bond acceptors (Lipinski definition) is 4. The Balaban J connectivity index is 2.05. The van der Waals surface area contributed by atoms with Crippen LogP contribution in [0.25, 0.3) is 0 Å². The molecule has 0 aliphatic rings. The molecule has 3 N–H and O–H groups in total. The molecule has 2 aromatic carbocycles. The molecule has 0 aliphatic carbocycles. The Kier molecular flexibility index (Phi) is 6.90. The summed E-state index contributed by atoms with van der Waals surface area (Å²) in [6.07, 6.45) is 0. The van der Waals surface area contributed by atoms with E-state index in [0.717, 1.165) is 5.56 Å². The molecule has 7 heteroatoms. The minimum Gasteiger partial charge on any atom is -0.348 e. The first-order valence-electron chi connectivity index (χ1n) is 8.41. The Morgan fingerprint density at radius 1 is 1.04 bits per heavy atom. The Morgan fingerprint density at radius 3 is 2.27 bits per heavy atom. The van der Waals surface area contributed by atoms with Gasteiger partial charge in [0.15, 0.2) is 0 Å². The van der Waals surface area contributed by atoms with Crippen molar-refractivity contribution in [2.45, 2.75) is 31.3 Å². The summed E-state index contributed by atoms with van der Waals surface area (Å²) in [4.78, 5) is 12.2. The largest absolute Gasteiger partial charge is 0.348 e. The second-order valence-corrected chi connectivity index (χ2v) is 7.80. The third-order valence-electron chi connectivity index (χ3n) is 4.07. The van der Waals surface area contributed by atoms with Gasteiger partial charge in [0, 0.05) is 19.1 Å². The second-order valence-electron chi connectivity index (χ2n) is 6.41. The van der Waals surface area contributed by atoms with Crippen molar-refractivity contribution >= 4 is 16.0 Å². The number of hydrogen-bond donors (Lipinski definition) is 3. The second kappa shape index (κ2) is 8.93. The van der Waals surface area contributed by atoms with Crippen LogP contribution in [0.2, 0.25) is 0 Å². The van der Waals surface area contributed by atoms with Gasteiger partial charge in [-0.05, 0) is 23.6 Å². The molecule has 0 fully saturated rings. The molecule has 0 saturated heterocycles. The zero-order chi connectivity index (χ0) is 19.2. The molecule has 140 valence electrons. The van der Waals surface area contributed by atoms with Gasteiger partial charge in [0.05, 0.1) is 5.56 Å². The van der Waals surface area contributed by atoms with E-state index >= 15 is 0 Å². The fourth-order valence-corrected chi connectivity index (χ4v) is 3.24. The van der Waals surface area contributed by atoms with Crippen molar-refractivity contribution in [3.05, 3.63) is 65.7 Å². The van der Waals surface area contributed by atoms with Gasteiger partial charge >= 0.3 is 0 Å². The maximum atomic E-state index is 12.5. The lowest BCUT2D eigenvalue weighted by molar-refractivity contribution is 0.0921. The van der Waals surface area contributed by atoms with Crippen LogP contribution in [-0.2, 0) is 16.7 Å². The third-order valence-corrected chi connectivity index (χ3v) is 4.98. The topological polar surface area (TPSA) is 95.5 Å². The summed E-state index contributed by atoms with van der Waals surface area (Å²) in [5, 5.41) is 6.16. The van der Waals surface area contributed by atoms with Crippen molar-refractivity contribution in [1.29, 1.82) is 0 Å². The van der Waals surface area contributed by atoms with Crippen LogP contribution in [0, 0.1) is 5.92 Å². The van der Waals surface area contributed by atoms with Gasteiger partial charge in [0.1, 0.15) is 4.90 Å². The predicted octanol–water partition coefficient (Wildman–Crippen LogP) is 2.48. The summed E-state index contributed by atoms with van der Waals surface area (Å²) >= 11 is 0. The van der Waals surface area contributed by atoms with E-state index in [1.165, 1.54) is 18.2 Å². The normalized spacial score (nSPS) is 12.8. The molecule has 0 aliphatic heterocycles. The van der Waals surface area contributed by atoms with Gasteiger partial charge in [-0.1, -0.05) is 56.3 Å². The van der Waals surface area contributed by atoms with Crippen molar-refractivity contribution in [1.82, 2.24) is 10.6 Å². The monoisotopic (exact) mass is 376 g/mol. The molecule has 0 bridgehead atoms. The lowest BCUT2D eigenvalue weighted by Gasteiger charge is -2.23. The van der Waals surface area contributed by atoms with E-state index in [1.807, 2.05) is 44.2 Å². The van der Waals surface area contributed by atoms with Crippen molar-refractivity contribution in [3.8, 4) is 0 Å². The molecule has 1 atom stereocenters. The quantitative estimate of drug-likeness (QED) is 0.615. The number of benzene rings is 2. The molecule has 0 saturated carbocycles. The lowest BCUT2D eigenvalue weighted by atomic mass is 10.0. The maximum Gasteiger partial charge on any atom is 0.295 e. The number of rotatable bonds is 8. The summed E-state index contributed by atoms with van der Waals surface area (Å²) in [5.74, 6) is -0.390. The number of amides is 1. The SMILES string of the molecule is CC(C)[C@@H](CNCc1ccccc1)NC(=O)c1ccccc1S(=O)(=O)O. The standard InChI is InChI=1S/C19H24N2O4S/c1-14(2)17(13-20-12-15-8-4-3-5-9-15)21-19(22)16-10-6-7-11-18(16)26(23,24)25/h3-11,14,17,20H,12-13H2,1-2H3,(H,21,22)(H,23,24,25)/t17-/m1/s1. The number of nitrogens with one attached hydrogen (secondary N) is 2. The van der Waals surface area contributed by atoms with E-state index in [0.29, 0.717) is 13.1 Å². The summed E-state index contributed by atoms with van der Waals surface area (Å²) in [5.41, 5.74) is 1.07. The molecule has 0 spiro atoms. The van der Waals surface area contributed by atoms with Gasteiger partial charge in [0.2, 0.25) is 0 Å². The van der Waals surface area contributed by atoms with E-state index in [9.17, 15) is 17.8 Å². The van der Waals surface area contributed by atoms with Gasteiger partial charge in [-0.3, -0.25) is 9.35 Å². The van der Waals surface area contributed by atoms with Crippen molar-refractivity contribution in [3.63, 3.8) is 0 Å². The van der Waals surface area contributed by atoms with Crippen LogP contribution >= 0.6 is 0 Å². The summed E-state index contributed by atoms with van der Waals surface area (Å²) in [6.45, 7) is 5.15. The van der Waals surface area contributed by atoms with E-state index in [1.54, 1.807) is 6.07 Å². The Labute approximate surface area is 154 Å². The lowest BCUT2D eigenvalue weighted by Crippen LogP contribution is -2.45. The molecule has 2 aromatic rings. The summed E-state index contributed by atoms with van der Waals surface area (Å²) in [6, 6.07) is 15.3. The highest BCUT2D eigenvalue weighted by Gasteiger charge is 2.23. The fourth-order valence-electron chi connectivity index (χ4n) is 2.55.